The van der Waals surface area contributed by atoms with Crippen LogP contribution < -0.4 is 4.90 Å². The summed E-state index contributed by atoms with van der Waals surface area (Å²) in [6.07, 6.45) is 8.22. The van der Waals surface area contributed by atoms with Crippen molar-refractivity contribution in [3.8, 4) is 0 Å². The van der Waals surface area contributed by atoms with Crippen molar-refractivity contribution in [3.05, 3.63) is 54.1 Å². The highest BCUT2D eigenvalue weighted by molar-refractivity contribution is 6.34. The first-order chi connectivity index (χ1) is 20.1. The van der Waals surface area contributed by atoms with Crippen molar-refractivity contribution in [1.29, 1.82) is 0 Å². The van der Waals surface area contributed by atoms with Gasteiger partial charge in [-0.15, -0.1) is 13.2 Å². The monoisotopic (exact) mass is 600 g/mol. The molecule has 3 heterocycles. The number of aliphatic hydroxyl groups excluding tert-OH is 1. The number of aryl methyl sites for hydroxylation is 1. The molecule has 9 heteroatoms. The number of aliphatic hydroxyl groups is 1. The second-order valence-corrected chi connectivity index (χ2v) is 12.5. The van der Waals surface area contributed by atoms with E-state index < -0.39 is 35.0 Å². The van der Waals surface area contributed by atoms with Crippen LogP contribution in [0, 0.1) is 24.7 Å². The average molecular weight is 601 g/mol. The van der Waals surface area contributed by atoms with Crippen molar-refractivity contribution >= 4 is 35.1 Å². The molecule has 3 aliphatic rings. The number of ether oxygens (including phenoxy) is 2. The average Bonchev–Trinajstić information content (AvgIpc) is 3.46. The number of halogens is 1. The van der Waals surface area contributed by atoms with Gasteiger partial charge in [0.05, 0.1) is 28.8 Å². The first-order valence-corrected chi connectivity index (χ1v) is 15.5. The maximum Gasteiger partial charge on any atom is 0.312 e. The molecule has 8 nitrogen and oxygen atoms in total. The Balaban J connectivity index is 1.76. The van der Waals surface area contributed by atoms with Crippen LogP contribution in [0.1, 0.15) is 64.4 Å². The Morgan fingerprint density at radius 1 is 1.21 bits per heavy atom. The van der Waals surface area contributed by atoms with Gasteiger partial charge in [-0.25, -0.2) is 0 Å². The van der Waals surface area contributed by atoms with Gasteiger partial charge in [-0.1, -0.05) is 55.7 Å². The molecule has 3 saturated heterocycles. The number of esters is 1. The zero-order valence-corrected chi connectivity index (χ0v) is 25.9. The molecule has 0 aliphatic carbocycles. The number of fused-ring (bicyclic) bond motifs is 1. The third kappa shape index (κ3) is 5.53. The zero-order chi connectivity index (χ0) is 30.7. The number of allylic oxidation sites excluding steroid dienone is 1. The number of rotatable bonds is 15. The minimum atomic E-state index is -1.17. The number of nitrogens with zero attached hydrogens (tertiary/aromatic N) is 2. The van der Waals surface area contributed by atoms with E-state index in [1.165, 1.54) is 0 Å². The summed E-state index contributed by atoms with van der Waals surface area (Å²) < 4.78 is 12.5. The number of hydrogen-bond acceptors (Lipinski definition) is 6. The fraction of sp³-hybridized carbons (Fsp3) is 0.606. The third-order valence-corrected chi connectivity index (χ3v) is 9.75. The van der Waals surface area contributed by atoms with Gasteiger partial charge in [0, 0.05) is 19.7 Å². The number of carbonyl (C=O) groups excluding carboxylic acids is 3. The number of benzene rings is 1. The summed E-state index contributed by atoms with van der Waals surface area (Å²) in [5.74, 6) is -2.71. The van der Waals surface area contributed by atoms with Gasteiger partial charge in [0.15, 0.2) is 0 Å². The molecule has 4 rings (SSSR count). The van der Waals surface area contributed by atoms with Crippen LogP contribution in [0.15, 0.2) is 43.5 Å². The minimum absolute atomic E-state index is 0.0815. The van der Waals surface area contributed by atoms with E-state index in [4.69, 9.17) is 21.1 Å². The van der Waals surface area contributed by atoms with Crippen molar-refractivity contribution in [3.63, 3.8) is 0 Å². The fourth-order valence-corrected chi connectivity index (χ4v) is 7.71. The van der Waals surface area contributed by atoms with Crippen LogP contribution in [0.25, 0.3) is 0 Å². The standard InChI is InChI=1S/C33H45ClN2O6/c1-6-8-13-20-41-31(40)26-25-29(38)36(18-11-9-10-12-19-37)28(33(25)21-23(4)32(26,5)42-33)30(39)35(17-7-2)27-22(3)15-14-16-24(27)34/h6-7,14-16,23,25-26,28,37H,1-2,8-13,17-21H2,3-5H3/t23?,25-,26+,28?,32-,33?/m0/s1. The number of anilines is 1. The lowest BCUT2D eigenvalue weighted by Crippen LogP contribution is -2.57. The molecular weight excluding hydrogens is 556 g/mol. The maximum absolute atomic E-state index is 14.8. The van der Waals surface area contributed by atoms with E-state index in [1.807, 2.05) is 32.9 Å². The Bertz CT molecular complexity index is 1180. The molecule has 1 spiro atoms. The highest BCUT2D eigenvalue weighted by atomic mass is 35.5. The molecule has 1 aromatic rings. The molecule has 230 valence electrons. The molecule has 42 heavy (non-hydrogen) atoms. The molecule has 3 fully saturated rings. The third-order valence-electron chi connectivity index (χ3n) is 9.44. The summed E-state index contributed by atoms with van der Waals surface area (Å²) in [5, 5.41) is 9.63. The molecular formula is C33H45ClN2O6. The SMILES string of the molecule is C=CCCCOC(=O)[C@H]1[C@H]2C(=O)N(CCCCCCO)C(C(=O)N(CC=C)c3c(C)cccc3Cl)C23CC(C)[C@]1(C)O3. The summed E-state index contributed by atoms with van der Waals surface area (Å²) in [7, 11) is 0. The summed E-state index contributed by atoms with van der Waals surface area (Å²) in [5.41, 5.74) is -0.716. The van der Waals surface area contributed by atoms with Gasteiger partial charge in [-0.05, 0) is 63.5 Å². The first-order valence-electron chi connectivity index (χ1n) is 15.2. The van der Waals surface area contributed by atoms with Crippen molar-refractivity contribution in [2.24, 2.45) is 17.8 Å². The molecule has 1 N–H and O–H groups in total. The van der Waals surface area contributed by atoms with Gasteiger partial charge in [-0.2, -0.15) is 0 Å². The number of para-hydroxylation sites is 1. The van der Waals surface area contributed by atoms with E-state index in [-0.39, 0.29) is 37.5 Å². The maximum atomic E-state index is 14.8. The zero-order valence-electron chi connectivity index (χ0n) is 25.1. The van der Waals surface area contributed by atoms with Crippen LogP contribution in [0.2, 0.25) is 5.02 Å². The van der Waals surface area contributed by atoms with Crippen molar-refractivity contribution < 1.29 is 29.0 Å². The quantitative estimate of drug-likeness (QED) is 0.168. The number of carbonyl (C=O) groups is 3. The van der Waals surface area contributed by atoms with Crippen LogP contribution >= 0.6 is 11.6 Å². The second-order valence-electron chi connectivity index (χ2n) is 12.1. The van der Waals surface area contributed by atoms with E-state index in [0.29, 0.717) is 42.9 Å². The van der Waals surface area contributed by atoms with Gasteiger partial charge >= 0.3 is 5.97 Å². The van der Waals surface area contributed by atoms with Crippen molar-refractivity contribution in [2.75, 3.05) is 31.2 Å². The largest absolute Gasteiger partial charge is 0.465 e. The smallest absolute Gasteiger partial charge is 0.312 e. The summed E-state index contributed by atoms with van der Waals surface area (Å²) in [6, 6.07) is 4.53. The molecule has 3 unspecified atom stereocenters. The van der Waals surface area contributed by atoms with Crippen LogP contribution in [-0.2, 0) is 23.9 Å². The predicted molar refractivity (Wildman–Crippen MR) is 163 cm³/mol. The summed E-state index contributed by atoms with van der Waals surface area (Å²) in [4.78, 5) is 46.0. The molecule has 6 atom stereocenters. The Labute approximate surface area is 254 Å². The second kappa shape index (κ2) is 13.3. The highest BCUT2D eigenvalue weighted by Gasteiger charge is 2.80. The lowest BCUT2D eigenvalue weighted by atomic mass is 9.62. The lowest BCUT2D eigenvalue weighted by Gasteiger charge is -2.37. The van der Waals surface area contributed by atoms with Gasteiger partial charge < -0.3 is 24.4 Å². The lowest BCUT2D eigenvalue weighted by molar-refractivity contribution is -0.161. The van der Waals surface area contributed by atoms with Gasteiger partial charge in [0.2, 0.25) is 5.91 Å². The van der Waals surface area contributed by atoms with E-state index >= 15 is 0 Å². The number of unbranched alkanes of at least 4 members (excludes halogenated alkanes) is 4. The Morgan fingerprint density at radius 2 is 1.95 bits per heavy atom. The molecule has 0 aromatic heterocycles. The van der Waals surface area contributed by atoms with Crippen LogP contribution in [0.5, 0.6) is 0 Å². The Morgan fingerprint density at radius 3 is 2.62 bits per heavy atom. The van der Waals surface area contributed by atoms with Gasteiger partial charge in [-0.3, -0.25) is 14.4 Å². The number of amides is 2. The van der Waals surface area contributed by atoms with Crippen LogP contribution in [0.3, 0.4) is 0 Å². The van der Waals surface area contributed by atoms with E-state index in [9.17, 15) is 19.5 Å². The van der Waals surface area contributed by atoms with E-state index in [2.05, 4.69) is 13.2 Å². The highest BCUT2D eigenvalue weighted by Crippen LogP contribution is 2.65. The first kappa shape index (κ1) is 32.2. The van der Waals surface area contributed by atoms with Gasteiger partial charge in [0.1, 0.15) is 17.6 Å². The minimum Gasteiger partial charge on any atom is -0.465 e. The normalized spacial score (nSPS) is 29.5. The topological polar surface area (TPSA) is 96.4 Å². The number of hydrogen-bond donors (Lipinski definition) is 1. The van der Waals surface area contributed by atoms with Crippen molar-refractivity contribution in [2.45, 2.75) is 83.0 Å². The molecule has 0 radical (unpaired) electrons. The predicted octanol–water partition coefficient (Wildman–Crippen LogP) is 5.24. The molecule has 2 amide bonds. The molecule has 2 bridgehead atoms. The molecule has 1 aromatic carbocycles. The molecule has 3 aliphatic heterocycles. The summed E-state index contributed by atoms with van der Waals surface area (Å²) >= 11 is 6.65. The van der Waals surface area contributed by atoms with E-state index in [1.54, 1.807) is 28.0 Å². The fourth-order valence-electron chi connectivity index (χ4n) is 7.39. The molecule has 0 saturated carbocycles. The van der Waals surface area contributed by atoms with Crippen LogP contribution in [-0.4, -0.2) is 71.3 Å². The Hall–Kier alpha value is -2.68. The summed E-state index contributed by atoms with van der Waals surface area (Å²) in [6.45, 7) is 14.3. The van der Waals surface area contributed by atoms with E-state index in [0.717, 1.165) is 24.8 Å². The number of likely N-dealkylation sites (tertiary alicyclic amines) is 1. The Kier molecular flexibility index (Phi) is 10.2. The van der Waals surface area contributed by atoms with Crippen molar-refractivity contribution in [1.82, 2.24) is 4.90 Å². The van der Waals surface area contributed by atoms with Gasteiger partial charge in [0.25, 0.3) is 5.91 Å². The van der Waals surface area contributed by atoms with Crippen LogP contribution in [0.4, 0.5) is 5.69 Å².